The molecule has 1 saturated carbocycles. The molecule has 1 saturated heterocycles. The lowest BCUT2D eigenvalue weighted by Crippen LogP contribution is -2.36. The van der Waals surface area contributed by atoms with Gasteiger partial charge in [-0.2, -0.15) is 5.26 Å². The van der Waals surface area contributed by atoms with E-state index in [4.69, 9.17) is 14.7 Å². The first-order chi connectivity index (χ1) is 16.2. The van der Waals surface area contributed by atoms with E-state index in [2.05, 4.69) is 43.4 Å². The molecule has 0 unspecified atom stereocenters. The average Bonchev–Trinajstić information content (AvgIpc) is 2.86. The van der Waals surface area contributed by atoms with E-state index >= 15 is 0 Å². The van der Waals surface area contributed by atoms with E-state index < -0.39 is 0 Å². The maximum absolute atomic E-state index is 9.10. The Morgan fingerprint density at radius 2 is 1.88 bits per heavy atom. The second kappa shape index (κ2) is 9.59. The van der Waals surface area contributed by atoms with E-state index in [-0.39, 0.29) is 6.10 Å². The van der Waals surface area contributed by atoms with Gasteiger partial charge < -0.3 is 19.7 Å². The van der Waals surface area contributed by atoms with Crippen LogP contribution in [0, 0.1) is 18.3 Å². The van der Waals surface area contributed by atoms with Gasteiger partial charge in [0, 0.05) is 43.3 Å². The molecule has 1 aliphatic carbocycles. The highest BCUT2D eigenvalue weighted by Crippen LogP contribution is 2.33. The molecular formula is C25H28N6O2. The first-order valence-electron chi connectivity index (χ1n) is 11.6. The van der Waals surface area contributed by atoms with Gasteiger partial charge in [-0.3, -0.25) is 4.98 Å². The highest BCUT2D eigenvalue weighted by Gasteiger charge is 2.24. The fourth-order valence-corrected chi connectivity index (χ4v) is 4.60. The first-order valence-corrected chi connectivity index (χ1v) is 11.6. The predicted octanol–water partition coefficient (Wildman–Crippen LogP) is 3.84. The molecule has 2 aromatic heterocycles. The summed E-state index contributed by atoms with van der Waals surface area (Å²) in [5.74, 6) is 1.64. The molecule has 1 N–H and O–H groups in total. The summed E-state index contributed by atoms with van der Waals surface area (Å²) in [6.45, 7) is 5.07. The number of fused-ring (bicyclic) bond motifs is 1. The van der Waals surface area contributed by atoms with Gasteiger partial charge in [-0.1, -0.05) is 0 Å². The van der Waals surface area contributed by atoms with Crippen molar-refractivity contribution >= 4 is 22.5 Å². The molecule has 0 bridgehead atoms. The SMILES string of the molecule is Cc1nc(N[C@H]2CC[C@@H](Oc3cc(N4CCOCC4)cc4nccnc34)CC2)ccc1C#N. The van der Waals surface area contributed by atoms with Crippen LogP contribution in [0.5, 0.6) is 5.75 Å². The van der Waals surface area contributed by atoms with Crippen LogP contribution in [0.15, 0.2) is 36.7 Å². The van der Waals surface area contributed by atoms with Gasteiger partial charge in [0.1, 0.15) is 23.2 Å². The molecule has 8 heteroatoms. The minimum atomic E-state index is 0.142. The fraction of sp³-hybridized carbons (Fsp3) is 0.440. The highest BCUT2D eigenvalue weighted by atomic mass is 16.5. The van der Waals surface area contributed by atoms with E-state index in [0.29, 0.717) is 11.6 Å². The zero-order chi connectivity index (χ0) is 22.6. The summed E-state index contributed by atoms with van der Waals surface area (Å²) in [4.78, 5) is 15.9. The van der Waals surface area contributed by atoms with E-state index in [1.165, 1.54) is 0 Å². The summed E-state index contributed by atoms with van der Waals surface area (Å²) in [5.41, 5.74) is 4.15. The number of hydrogen-bond acceptors (Lipinski definition) is 8. The van der Waals surface area contributed by atoms with Crippen LogP contribution in [-0.4, -0.2) is 53.4 Å². The second-order valence-electron chi connectivity index (χ2n) is 8.64. The number of nitrogens with zero attached hydrogens (tertiary/aromatic N) is 5. The number of morpholine rings is 1. The Morgan fingerprint density at radius 1 is 1.09 bits per heavy atom. The van der Waals surface area contributed by atoms with Crippen molar-refractivity contribution in [3.05, 3.63) is 47.9 Å². The van der Waals surface area contributed by atoms with E-state index in [9.17, 15) is 0 Å². The van der Waals surface area contributed by atoms with Crippen LogP contribution in [0.2, 0.25) is 0 Å². The third-order valence-corrected chi connectivity index (χ3v) is 6.43. The molecule has 1 aromatic carbocycles. The van der Waals surface area contributed by atoms with Gasteiger partial charge in [-0.15, -0.1) is 0 Å². The average molecular weight is 445 g/mol. The van der Waals surface area contributed by atoms with Crippen LogP contribution < -0.4 is 15.0 Å². The lowest BCUT2D eigenvalue weighted by atomic mass is 9.93. The van der Waals surface area contributed by atoms with Crippen molar-refractivity contribution in [2.75, 3.05) is 36.5 Å². The third-order valence-electron chi connectivity index (χ3n) is 6.43. The number of aryl methyl sites for hydroxylation is 1. The monoisotopic (exact) mass is 444 g/mol. The number of anilines is 2. The molecule has 33 heavy (non-hydrogen) atoms. The van der Waals surface area contributed by atoms with Gasteiger partial charge in [0.2, 0.25) is 0 Å². The van der Waals surface area contributed by atoms with E-state index in [1.807, 2.05) is 19.1 Å². The van der Waals surface area contributed by atoms with Crippen LogP contribution in [0.25, 0.3) is 11.0 Å². The molecule has 0 radical (unpaired) electrons. The summed E-state index contributed by atoms with van der Waals surface area (Å²) in [6, 6.07) is 10.4. The van der Waals surface area contributed by atoms with Gasteiger partial charge in [0.15, 0.2) is 0 Å². The maximum Gasteiger partial charge on any atom is 0.149 e. The lowest BCUT2D eigenvalue weighted by molar-refractivity contribution is 0.122. The zero-order valence-corrected chi connectivity index (χ0v) is 18.8. The number of aromatic nitrogens is 3. The van der Waals surface area contributed by atoms with Crippen LogP contribution in [0.1, 0.15) is 36.9 Å². The van der Waals surface area contributed by atoms with Crippen molar-refractivity contribution < 1.29 is 9.47 Å². The summed E-state index contributed by atoms with van der Waals surface area (Å²) < 4.78 is 12.0. The topological polar surface area (TPSA) is 96.2 Å². The number of ether oxygens (including phenoxy) is 2. The van der Waals surface area contributed by atoms with Crippen molar-refractivity contribution in [3.63, 3.8) is 0 Å². The maximum atomic E-state index is 9.10. The van der Waals surface area contributed by atoms with Crippen molar-refractivity contribution in [1.29, 1.82) is 5.26 Å². The van der Waals surface area contributed by atoms with Crippen molar-refractivity contribution in [3.8, 4) is 11.8 Å². The Bertz CT molecular complexity index is 1160. The summed E-state index contributed by atoms with van der Waals surface area (Å²) in [7, 11) is 0. The Balaban J connectivity index is 1.26. The Morgan fingerprint density at radius 3 is 2.64 bits per heavy atom. The molecule has 3 heterocycles. The van der Waals surface area contributed by atoms with Crippen molar-refractivity contribution in [2.24, 2.45) is 0 Å². The Hall–Kier alpha value is -3.44. The standard InChI is InChI=1S/C25H28N6O2/c1-17-18(16-26)2-7-24(29-17)30-19-3-5-21(6-4-19)33-23-15-20(31-10-12-32-13-11-31)14-22-25(23)28-9-8-27-22/h2,7-9,14-15,19,21H,3-6,10-13H2,1H3,(H,29,30)/t19-,21+. The van der Waals surface area contributed by atoms with Crippen LogP contribution >= 0.6 is 0 Å². The van der Waals surface area contributed by atoms with E-state index in [0.717, 1.165) is 86.0 Å². The minimum absolute atomic E-state index is 0.142. The molecule has 8 nitrogen and oxygen atoms in total. The minimum Gasteiger partial charge on any atom is -0.488 e. The number of nitrogens with one attached hydrogen (secondary N) is 1. The largest absolute Gasteiger partial charge is 0.488 e. The smallest absolute Gasteiger partial charge is 0.149 e. The normalized spacial score (nSPS) is 20.9. The van der Waals surface area contributed by atoms with Gasteiger partial charge in [-0.05, 0) is 50.8 Å². The molecule has 2 aliphatic rings. The molecule has 0 atom stereocenters. The van der Waals surface area contributed by atoms with Gasteiger partial charge in [-0.25, -0.2) is 9.97 Å². The number of benzene rings is 1. The van der Waals surface area contributed by atoms with Gasteiger partial charge in [0.05, 0.1) is 36.1 Å². The molecule has 170 valence electrons. The molecule has 0 spiro atoms. The van der Waals surface area contributed by atoms with Crippen LogP contribution in [0.3, 0.4) is 0 Å². The van der Waals surface area contributed by atoms with Gasteiger partial charge in [0.25, 0.3) is 0 Å². The first kappa shape index (κ1) is 21.4. The second-order valence-corrected chi connectivity index (χ2v) is 8.64. The van der Waals surface area contributed by atoms with Crippen LogP contribution in [-0.2, 0) is 4.74 Å². The zero-order valence-electron chi connectivity index (χ0n) is 18.8. The van der Waals surface area contributed by atoms with Crippen molar-refractivity contribution in [1.82, 2.24) is 15.0 Å². The summed E-state index contributed by atoms with van der Waals surface area (Å²) in [5, 5.41) is 12.6. The van der Waals surface area contributed by atoms with Gasteiger partial charge >= 0.3 is 0 Å². The van der Waals surface area contributed by atoms with E-state index in [1.54, 1.807) is 12.4 Å². The number of hydrogen-bond donors (Lipinski definition) is 1. The van der Waals surface area contributed by atoms with Crippen molar-refractivity contribution in [2.45, 2.75) is 44.8 Å². The number of rotatable bonds is 5. The number of nitriles is 1. The highest BCUT2D eigenvalue weighted by molar-refractivity contribution is 5.85. The molecule has 5 rings (SSSR count). The molecule has 3 aromatic rings. The van der Waals surface area contributed by atoms with Crippen LogP contribution in [0.4, 0.5) is 11.5 Å². The number of pyridine rings is 1. The molecule has 0 amide bonds. The Labute approximate surface area is 193 Å². The quantitative estimate of drug-likeness (QED) is 0.634. The molecule has 1 aliphatic heterocycles. The third kappa shape index (κ3) is 4.83. The summed E-state index contributed by atoms with van der Waals surface area (Å²) in [6.07, 6.45) is 7.49. The molecule has 2 fully saturated rings. The lowest BCUT2D eigenvalue weighted by Gasteiger charge is -2.31. The Kier molecular flexibility index (Phi) is 6.22. The fourth-order valence-electron chi connectivity index (χ4n) is 4.60. The predicted molar refractivity (Wildman–Crippen MR) is 127 cm³/mol. The summed E-state index contributed by atoms with van der Waals surface area (Å²) >= 11 is 0. The molecular weight excluding hydrogens is 416 g/mol.